The van der Waals surface area contributed by atoms with Crippen molar-refractivity contribution in [2.45, 2.75) is 58.2 Å². The highest BCUT2D eigenvalue weighted by molar-refractivity contribution is 4.92. The first-order chi connectivity index (χ1) is 9.76. The van der Waals surface area contributed by atoms with E-state index in [1.165, 1.54) is 32.1 Å². The number of fused-ring (bicyclic) bond motifs is 1. The van der Waals surface area contributed by atoms with Crippen LogP contribution in [-0.2, 0) is 13.1 Å². The van der Waals surface area contributed by atoms with Crippen LogP contribution in [0.2, 0.25) is 0 Å². The zero-order valence-corrected chi connectivity index (χ0v) is 12.5. The van der Waals surface area contributed by atoms with Crippen LogP contribution < -0.4 is 5.73 Å². The third-order valence-electron chi connectivity index (χ3n) is 5.06. The van der Waals surface area contributed by atoms with Crippen LogP contribution in [0, 0.1) is 11.8 Å². The van der Waals surface area contributed by atoms with Crippen LogP contribution in [0.15, 0.2) is 6.33 Å². The second-order valence-corrected chi connectivity index (χ2v) is 6.57. The van der Waals surface area contributed by atoms with Crippen molar-refractivity contribution in [3.8, 4) is 0 Å². The van der Waals surface area contributed by atoms with Gasteiger partial charge in [0.1, 0.15) is 12.2 Å². The van der Waals surface area contributed by atoms with Gasteiger partial charge in [0.15, 0.2) is 0 Å². The van der Waals surface area contributed by atoms with E-state index in [9.17, 15) is 0 Å². The van der Waals surface area contributed by atoms with Gasteiger partial charge in [-0.05, 0) is 31.1 Å². The monoisotopic (exact) mass is 277 g/mol. The highest BCUT2D eigenvalue weighted by Crippen LogP contribution is 2.32. The predicted octanol–water partition coefficient (Wildman–Crippen LogP) is 1.64. The topological polar surface area (TPSA) is 60.0 Å². The van der Waals surface area contributed by atoms with E-state index in [-0.39, 0.29) is 0 Å². The van der Waals surface area contributed by atoms with Crippen molar-refractivity contribution in [1.29, 1.82) is 0 Å². The molecular weight excluding hydrogens is 250 g/mol. The fourth-order valence-electron chi connectivity index (χ4n) is 3.87. The molecule has 2 aliphatic rings. The Morgan fingerprint density at radius 2 is 2.25 bits per heavy atom. The summed E-state index contributed by atoms with van der Waals surface area (Å²) in [6, 6.07) is 0.392. The van der Waals surface area contributed by atoms with Gasteiger partial charge in [-0.2, -0.15) is 0 Å². The molecule has 3 unspecified atom stereocenters. The van der Waals surface area contributed by atoms with Crippen LogP contribution in [0.1, 0.15) is 44.9 Å². The van der Waals surface area contributed by atoms with Gasteiger partial charge >= 0.3 is 0 Å². The SMILES string of the molecule is CCCC1CCC(N)C(CN2CCn3cnnc3C2)C1. The standard InChI is InChI=1S/C15H27N5/c1-2-3-12-4-5-14(16)13(8-12)9-19-6-7-20-11-17-18-15(20)10-19/h11-14H,2-10,16H2,1H3. The van der Waals surface area contributed by atoms with E-state index in [1.54, 1.807) is 0 Å². The molecule has 0 radical (unpaired) electrons. The molecule has 5 heteroatoms. The lowest BCUT2D eigenvalue weighted by molar-refractivity contribution is 0.130. The van der Waals surface area contributed by atoms with Gasteiger partial charge in [-0.3, -0.25) is 4.90 Å². The lowest BCUT2D eigenvalue weighted by Crippen LogP contribution is -2.45. The van der Waals surface area contributed by atoms with E-state index in [1.807, 2.05) is 6.33 Å². The zero-order valence-electron chi connectivity index (χ0n) is 12.5. The minimum absolute atomic E-state index is 0.392. The average Bonchev–Trinajstić information content (AvgIpc) is 2.90. The molecule has 1 aromatic heterocycles. The first-order valence-electron chi connectivity index (χ1n) is 8.11. The van der Waals surface area contributed by atoms with Gasteiger partial charge in [-0.25, -0.2) is 0 Å². The molecule has 2 heterocycles. The molecule has 0 saturated heterocycles. The van der Waals surface area contributed by atoms with E-state index in [2.05, 4.69) is 26.6 Å². The van der Waals surface area contributed by atoms with Gasteiger partial charge in [0.25, 0.3) is 0 Å². The molecule has 1 saturated carbocycles. The summed E-state index contributed by atoms with van der Waals surface area (Å²) in [6.45, 7) is 6.48. The number of hydrogen-bond donors (Lipinski definition) is 1. The van der Waals surface area contributed by atoms with Crippen molar-refractivity contribution in [3.63, 3.8) is 0 Å². The number of hydrogen-bond acceptors (Lipinski definition) is 4. The fraction of sp³-hybridized carbons (Fsp3) is 0.867. The van der Waals surface area contributed by atoms with E-state index < -0.39 is 0 Å². The summed E-state index contributed by atoms with van der Waals surface area (Å²) >= 11 is 0. The Morgan fingerprint density at radius 3 is 3.10 bits per heavy atom. The minimum Gasteiger partial charge on any atom is -0.327 e. The van der Waals surface area contributed by atoms with Crippen LogP contribution in [0.25, 0.3) is 0 Å². The molecule has 112 valence electrons. The smallest absolute Gasteiger partial charge is 0.147 e. The molecule has 3 atom stereocenters. The summed E-state index contributed by atoms with van der Waals surface area (Å²) in [7, 11) is 0. The van der Waals surface area contributed by atoms with Crippen LogP contribution in [0.3, 0.4) is 0 Å². The normalized spacial score (nSPS) is 31.2. The fourth-order valence-corrected chi connectivity index (χ4v) is 3.87. The maximum absolute atomic E-state index is 6.37. The van der Waals surface area contributed by atoms with Gasteiger partial charge in [-0.1, -0.05) is 19.8 Å². The first-order valence-corrected chi connectivity index (χ1v) is 8.11. The molecule has 3 rings (SSSR count). The second kappa shape index (κ2) is 6.22. The maximum Gasteiger partial charge on any atom is 0.147 e. The molecule has 20 heavy (non-hydrogen) atoms. The average molecular weight is 277 g/mol. The Morgan fingerprint density at radius 1 is 1.35 bits per heavy atom. The molecule has 0 aromatic carbocycles. The highest BCUT2D eigenvalue weighted by atomic mass is 15.3. The minimum atomic E-state index is 0.392. The van der Waals surface area contributed by atoms with Gasteiger partial charge in [-0.15, -0.1) is 10.2 Å². The lowest BCUT2D eigenvalue weighted by atomic mass is 9.76. The van der Waals surface area contributed by atoms with Gasteiger partial charge < -0.3 is 10.3 Å². The predicted molar refractivity (Wildman–Crippen MR) is 79.0 cm³/mol. The van der Waals surface area contributed by atoms with Crippen molar-refractivity contribution in [2.24, 2.45) is 17.6 Å². The zero-order chi connectivity index (χ0) is 13.9. The Kier molecular flexibility index (Phi) is 4.36. The highest BCUT2D eigenvalue weighted by Gasteiger charge is 2.30. The third-order valence-corrected chi connectivity index (χ3v) is 5.06. The van der Waals surface area contributed by atoms with Gasteiger partial charge in [0, 0.05) is 25.7 Å². The maximum atomic E-state index is 6.37. The van der Waals surface area contributed by atoms with Crippen molar-refractivity contribution < 1.29 is 0 Å². The lowest BCUT2D eigenvalue weighted by Gasteiger charge is -2.38. The number of nitrogens with zero attached hydrogens (tertiary/aromatic N) is 4. The largest absolute Gasteiger partial charge is 0.327 e. The van der Waals surface area contributed by atoms with Crippen molar-refractivity contribution in [1.82, 2.24) is 19.7 Å². The van der Waals surface area contributed by atoms with Gasteiger partial charge in [0.2, 0.25) is 0 Å². The Hall–Kier alpha value is -0.940. The third kappa shape index (κ3) is 3.04. The molecule has 0 spiro atoms. The molecule has 1 aliphatic carbocycles. The van der Waals surface area contributed by atoms with E-state index in [0.717, 1.165) is 37.9 Å². The van der Waals surface area contributed by atoms with Crippen molar-refractivity contribution >= 4 is 0 Å². The molecule has 0 amide bonds. The first kappa shape index (κ1) is 14.0. The number of nitrogens with two attached hydrogens (primary N) is 1. The summed E-state index contributed by atoms with van der Waals surface area (Å²) in [4.78, 5) is 2.52. The summed E-state index contributed by atoms with van der Waals surface area (Å²) in [5, 5.41) is 8.20. The molecule has 1 aromatic rings. The number of aromatic nitrogens is 3. The summed E-state index contributed by atoms with van der Waals surface area (Å²) in [5.41, 5.74) is 6.37. The Balaban J connectivity index is 1.57. The van der Waals surface area contributed by atoms with E-state index >= 15 is 0 Å². The van der Waals surface area contributed by atoms with Crippen molar-refractivity contribution in [2.75, 3.05) is 13.1 Å². The van der Waals surface area contributed by atoms with Crippen LogP contribution in [-0.4, -0.2) is 38.8 Å². The molecule has 1 fully saturated rings. The molecular formula is C15H27N5. The molecule has 0 bridgehead atoms. The summed E-state index contributed by atoms with van der Waals surface area (Å²) < 4.78 is 2.16. The molecule has 5 nitrogen and oxygen atoms in total. The van der Waals surface area contributed by atoms with Crippen LogP contribution in [0.4, 0.5) is 0 Å². The van der Waals surface area contributed by atoms with Crippen LogP contribution >= 0.6 is 0 Å². The second-order valence-electron chi connectivity index (χ2n) is 6.57. The Labute approximate surface area is 121 Å². The van der Waals surface area contributed by atoms with Gasteiger partial charge in [0.05, 0.1) is 6.54 Å². The quantitative estimate of drug-likeness (QED) is 0.909. The molecule has 2 N–H and O–H groups in total. The summed E-state index contributed by atoms with van der Waals surface area (Å²) in [6.07, 6.45) is 8.38. The Bertz CT molecular complexity index is 430. The van der Waals surface area contributed by atoms with Crippen molar-refractivity contribution in [3.05, 3.63) is 12.2 Å². The number of rotatable bonds is 4. The van der Waals surface area contributed by atoms with E-state index in [4.69, 9.17) is 5.73 Å². The molecule has 1 aliphatic heterocycles. The van der Waals surface area contributed by atoms with E-state index in [0.29, 0.717) is 12.0 Å². The summed E-state index contributed by atoms with van der Waals surface area (Å²) in [5.74, 6) is 2.67. The van der Waals surface area contributed by atoms with Crippen LogP contribution in [0.5, 0.6) is 0 Å².